The van der Waals surface area contributed by atoms with Crippen LogP contribution in [0.1, 0.15) is 37.9 Å². The summed E-state index contributed by atoms with van der Waals surface area (Å²) in [7, 11) is 0. The fourth-order valence-corrected chi connectivity index (χ4v) is 1.34. The molecular formula is C12H17ClN2. The van der Waals surface area contributed by atoms with Crippen molar-refractivity contribution in [2.24, 2.45) is 11.1 Å². The molecule has 0 aliphatic rings. The van der Waals surface area contributed by atoms with Gasteiger partial charge in [0.1, 0.15) is 0 Å². The summed E-state index contributed by atoms with van der Waals surface area (Å²) >= 11 is 0. The molecular weight excluding hydrogens is 208 g/mol. The van der Waals surface area contributed by atoms with E-state index in [0.29, 0.717) is 5.56 Å². The van der Waals surface area contributed by atoms with Gasteiger partial charge in [-0.1, -0.05) is 39.0 Å². The van der Waals surface area contributed by atoms with Crippen LogP contribution in [0.3, 0.4) is 0 Å². The minimum Gasteiger partial charge on any atom is -0.323 e. The first-order valence-corrected chi connectivity index (χ1v) is 4.71. The maximum Gasteiger partial charge on any atom is 0.0995 e. The molecule has 0 unspecified atom stereocenters. The minimum atomic E-state index is -0.0988. The largest absolute Gasteiger partial charge is 0.323 e. The molecule has 1 rings (SSSR count). The Kier molecular flexibility index (Phi) is 4.80. The molecule has 0 saturated carbocycles. The number of nitriles is 1. The molecule has 0 aliphatic carbocycles. The highest BCUT2D eigenvalue weighted by atomic mass is 35.5. The van der Waals surface area contributed by atoms with Gasteiger partial charge in [-0.25, -0.2) is 0 Å². The van der Waals surface area contributed by atoms with Crippen LogP contribution in [0.5, 0.6) is 0 Å². The van der Waals surface area contributed by atoms with Crippen LogP contribution in [0.4, 0.5) is 0 Å². The monoisotopic (exact) mass is 224 g/mol. The third kappa shape index (κ3) is 3.23. The molecule has 15 heavy (non-hydrogen) atoms. The normalized spacial score (nSPS) is 12.5. The predicted octanol–water partition coefficient (Wildman–Crippen LogP) is 3.03. The highest BCUT2D eigenvalue weighted by Gasteiger charge is 2.23. The van der Waals surface area contributed by atoms with Crippen molar-refractivity contribution in [1.82, 2.24) is 0 Å². The first-order chi connectivity index (χ1) is 6.46. The summed E-state index contributed by atoms with van der Waals surface area (Å²) < 4.78 is 0. The average molecular weight is 225 g/mol. The SMILES string of the molecule is CC(C)(C)[C@H](N)c1ccccc1C#N.Cl. The predicted molar refractivity (Wildman–Crippen MR) is 64.8 cm³/mol. The second-order valence-electron chi connectivity index (χ2n) is 4.54. The van der Waals surface area contributed by atoms with Crippen LogP contribution < -0.4 is 5.73 Å². The first-order valence-electron chi connectivity index (χ1n) is 4.71. The van der Waals surface area contributed by atoms with Crippen molar-refractivity contribution in [2.45, 2.75) is 26.8 Å². The third-order valence-electron chi connectivity index (χ3n) is 2.35. The van der Waals surface area contributed by atoms with Crippen molar-refractivity contribution in [2.75, 3.05) is 0 Å². The number of nitrogens with two attached hydrogens (primary N) is 1. The summed E-state index contributed by atoms with van der Waals surface area (Å²) in [6.45, 7) is 6.23. The van der Waals surface area contributed by atoms with Crippen LogP contribution in [0, 0.1) is 16.7 Å². The summed E-state index contributed by atoms with van der Waals surface area (Å²) in [5.74, 6) is 0. The van der Waals surface area contributed by atoms with E-state index in [9.17, 15) is 0 Å². The van der Waals surface area contributed by atoms with Gasteiger partial charge in [-0.3, -0.25) is 0 Å². The van der Waals surface area contributed by atoms with Gasteiger partial charge in [-0.15, -0.1) is 12.4 Å². The summed E-state index contributed by atoms with van der Waals surface area (Å²) in [5.41, 5.74) is 7.69. The summed E-state index contributed by atoms with van der Waals surface area (Å²) in [5, 5.41) is 8.93. The number of halogens is 1. The minimum absolute atomic E-state index is 0. The second-order valence-corrected chi connectivity index (χ2v) is 4.54. The Morgan fingerprint density at radius 3 is 2.27 bits per heavy atom. The van der Waals surface area contributed by atoms with Crippen LogP contribution in [0.2, 0.25) is 0 Å². The Morgan fingerprint density at radius 1 is 1.27 bits per heavy atom. The van der Waals surface area contributed by atoms with E-state index in [4.69, 9.17) is 11.0 Å². The van der Waals surface area contributed by atoms with E-state index in [1.165, 1.54) is 0 Å². The molecule has 2 N–H and O–H groups in total. The number of rotatable bonds is 1. The fourth-order valence-electron chi connectivity index (χ4n) is 1.34. The first kappa shape index (κ1) is 14.0. The van der Waals surface area contributed by atoms with Crippen molar-refractivity contribution in [3.63, 3.8) is 0 Å². The van der Waals surface area contributed by atoms with E-state index in [-0.39, 0.29) is 23.9 Å². The lowest BCUT2D eigenvalue weighted by Gasteiger charge is -2.27. The molecule has 0 bridgehead atoms. The quantitative estimate of drug-likeness (QED) is 0.797. The highest BCUT2D eigenvalue weighted by molar-refractivity contribution is 5.85. The van der Waals surface area contributed by atoms with Gasteiger partial charge in [0.05, 0.1) is 11.6 Å². The van der Waals surface area contributed by atoms with Gasteiger partial charge in [-0.05, 0) is 17.0 Å². The Labute approximate surface area is 97.5 Å². The summed E-state index contributed by atoms with van der Waals surface area (Å²) in [6.07, 6.45) is 0. The molecule has 0 saturated heterocycles. The van der Waals surface area contributed by atoms with Crippen LogP contribution in [-0.2, 0) is 0 Å². The number of benzene rings is 1. The van der Waals surface area contributed by atoms with Crippen LogP contribution >= 0.6 is 12.4 Å². The molecule has 1 aromatic carbocycles. The zero-order chi connectivity index (χ0) is 10.8. The van der Waals surface area contributed by atoms with Gasteiger partial charge in [0.25, 0.3) is 0 Å². The molecule has 0 fully saturated rings. The molecule has 82 valence electrons. The lowest BCUT2D eigenvalue weighted by atomic mass is 9.81. The van der Waals surface area contributed by atoms with E-state index in [1.807, 2.05) is 18.2 Å². The van der Waals surface area contributed by atoms with E-state index in [2.05, 4.69) is 26.8 Å². The van der Waals surface area contributed by atoms with Crippen molar-refractivity contribution >= 4 is 12.4 Å². The molecule has 1 atom stereocenters. The maximum atomic E-state index is 8.93. The molecule has 0 radical (unpaired) electrons. The van der Waals surface area contributed by atoms with E-state index in [0.717, 1.165) is 5.56 Å². The molecule has 2 nitrogen and oxygen atoms in total. The zero-order valence-corrected chi connectivity index (χ0v) is 10.1. The van der Waals surface area contributed by atoms with Gasteiger partial charge < -0.3 is 5.73 Å². The van der Waals surface area contributed by atoms with Gasteiger partial charge in [0.2, 0.25) is 0 Å². The van der Waals surface area contributed by atoms with Gasteiger partial charge in [0.15, 0.2) is 0 Å². The molecule has 0 heterocycles. The summed E-state index contributed by atoms with van der Waals surface area (Å²) in [6, 6.07) is 9.58. The molecule has 0 aromatic heterocycles. The maximum absolute atomic E-state index is 8.93. The lowest BCUT2D eigenvalue weighted by Crippen LogP contribution is -2.26. The second kappa shape index (κ2) is 5.16. The summed E-state index contributed by atoms with van der Waals surface area (Å²) in [4.78, 5) is 0. The van der Waals surface area contributed by atoms with Gasteiger partial charge >= 0.3 is 0 Å². The van der Waals surface area contributed by atoms with Crippen molar-refractivity contribution in [1.29, 1.82) is 5.26 Å². The topological polar surface area (TPSA) is 49.8 Å². The van der Waals surface area contributed by atoms with E-state index in [1.54, 1.807) is 6.07 Å². The van der Waals surface area contributed by atoms with Crippen molar-refractivity contribution in [3.05, 3.63) is 35.4 Å². The lowest BCUT2D eigenvalue weighted by molar-refractivity contribution is 0.326. The van der Waals surface area contributed by atoms with Crippen LogP contribution in [-0.4, -0.2) is 0 Å². The standard InChI is InChI=1S/C12H16N2.ClH/c1-12(2,3)11(14)10-7-5-4-6-9(10)8-13;/h4-7,11H,14H2,1-3H3;1H/t11-;/m1./s1. The molecule has 0 amide bonds. The fraction of sp³-hybridized carbons (Fsp3) is 0.417. The highest BCUT2D eigenvalue weighted by Crippen LogP contribution is 2.31. The van der Waals surface area contributed by atoms with Crippen molar-refractivity contribution in [3.8, 4) is 6.07 Å². The third-order valence-corrected chi connectivity index (χ3v) is 2.35. The molecule has 0 spiro atoms. The molecule has 1 aromatic rings. The molecule has 3 heteroatoms. The Balaban J connectivity index is 0.00000196. The van der Waals surface area contributed by atoms with Gasteiger partial charge in [-0.2, -0.15) is 5.26 Å². The van der Waals surface area contributed by atoms with E-state index >= 15 is 0 Å². The van der Waals surface area contributed by atoms with Crippen LogP contribution in [0.15, 0.2) is 24.3 Å². The number of nitrogens with zero attached hydrogens (tertiary/aromatic N) is 1. The van der Waals surface area contributed by atoms with Crippen LogP contribution in [0.25, 0.3) is 0 Å². The van der Waals surface area contributed by atoms with Gasteiger partial charge in [0, 0.05) is 6.04 Å². The Bertz CT molecular complexity index is 361. The molecule has 0 aliphatic heterocycles. The van der Waals surface area contributed by atoms with E-state index < -0.39 is 0 Å². The zero-order valence-electron chi connectivity index (χ0n) is 9.32. The Morgan fingerprint density at radius 2 is 1.80 bits per heavy atom. The number of hydrogen-bond donors (Lipinski definition) is 1. The smallest absolute Gasteiger partial charge is 0.0995 e. The van der Waals surface area contributed by atoms with Crippen molar-refractivity contribution < 1.29 is 0 Å². The number of hydrogen-bond acceptors (Lipinski definition) is 2. The average Bonchev–Trinajstić information content (AvgIpc) is 2.15. The Hall–Kier alpha value is -1.04.